The Kier molecular flexibility index (Phi) is 3.19. The standard InChI is InChI=1S/C14H16N2O2/c1-14(2,9-16-13(18)8-17)11-7-15-12-6-4-3-5-10(11)12/h3-8,15H,9H2,1-2H3,(H,16,18). The Morgan fingerprint density at radius 1 is 1.39 bits per heavy atom. The molecule has 1 amide bonds. The number of para-hydroxylation sites is 1. The molecule has 0 aliphatic carbocycles. The number of amides is 1. The Hall–Kier alpha value is -2.10. The maximum absolute atomic E-state index is 11.0. The first kappa shape index (κ1) is 12.4. The molecular weight excluding hydrogens is 228 g/mol. The minimum atomic E-state index is -0.581. The summed E-state index contributed by atoms with van der Waals surface area (Å²) in [6.45, 7) is 4.49. The number of rotatable bonds is 4. The second-order valence-electron chi connectivity index (χ2n) is 4.97. The molecule has 4 heteroatoms. The third-order valence-corrected chi connectivity index (χ3v) is 3.13. The van der Waals surface area contributed by atoms with E-state index >= 15 is 0 Å². The maximum Gasteiger partial charge on any atom is 0.284 e. The van der Waals surface area contributed by atoms with E-state index in [4.69, 9.17) is 0 Å². The maximum atomic E-state index is 11.0. The predicted octanol–water partition coefficient (Wildman–Crippen LogP) is 1.76. The van der Waals surface area contributed by atoms with Crippen LogP contribution in [-0.4, -0.2) is 23.7 Å². The summed E-state index contributed by atoms with van der Waals surface area (Å²) in [6, 6.07) is 8.02. The molecule has 0 unspecified atom stereocenters. The van der Waals surface area contributed by atoms with Gasteiger partial charge in [0.05, 0.1) is 0 Å². The van der Waals surface area contributed by atoms with Crippen molar-refractivity contribution in [2.24, 2.45) is 0 Å². The van der Waals surface area contributed by atoms with Gasteiger partial charge in [0.1, 0.15) is 0 Å². The van der Waals surface area contributed by atoms with Gasteiger partial charge in [-0.3, -0.25) is 9.59 Å². The van der Waals surface area contributed by atoms with E-state index in [9.17, 15) is 9.59 Å². The molecule has 0 saturated heterocycles. The van der Waals surface area contributed by atoms with Crippen LogP contribution in [0.2, 0.25) is 0 Å². The molecular formula is C14H16N2O2. The number of aldehydes is 1. The molecule has 1 aromatic carbocycles. The van der Waals surface area contributed by atoms with Crippen molar-refractivity contribution in [3.8, 4) is 0 Å². The quantitative estimate of drug-likeness (QED) is 0.636. The monoisotopic (exact) mass is 244 g/mol. The van der Waals surface area contributed by atoms with E-state index in [1.807, 2.05) is 44.3 Å². The number of aromatic nitrogens is 1. The van der Waals surface area contributed by atoms with E-state index in [-0.39, 0.29) is 5.41 Å². The highest BCUT2D eigenvalue weighted by Gasteiger charge is 2.24. The summed E-state index contributed by atoms with van der Waals surface area (Å²) in [5.41, 5.74) is 1.96. The molecule has 0 aliphatic heterocycles. The lowest BCUT2D eigenvalue weighted by molar-refractivity contribution is -0.131. The van der Waals surface area contributed by atoms with Gasteiger partial charge in [0.25, 0.3) is 5.91 Å². The van der Waals surface area contributed by atoms with Crippen LogP contribution < -0.4 is 5.32 Å². The summed E-state index contributed by atoms with van der Waals surface area (Å²) in [6.07, 6.45) is 2.25. The Bertz CT molecular complexity index is 584. The van der Waals surface area contributed by atoms with Crippen LogP contribution in [0.15, 0.2) is 30.5 Å². The second kappa shape index (κ2) is 4.64. The average molecular weight is 244 g/mol. The highest BCUT2D eigenvalue weighted by Crippen LogP contribution is 2.29. The Labute approximate surface area is 105 Å². The van der Waals surface area contributed by atoms with Crippen molar-refractivity contribution in [3.05, 3.63) is 36.0 Å². The molecule has 0 spiro atoms. The topological polar surface area (TPSA) is 62.0 Å². The molecule has 18 heavy (non-hydrogen) atoms. The molecule has 0 bridgehead atoms. The zero-order valence-electron chi connectivity index (χ0n) is 10.5. The van der Waals surface area contributed by atoms with Gasteiger partial charge in [-0.25, -0.2) is 0 Å². The van der Waals surface area contributed by atoms with Crippen molar-refractivity contribution in [1.29, 1.82) is 0 Å². The zero-order chi connectivity index (χ0) is 13.2. The highest BCUT2D eigenvalue weighted by atomic mass is 16.2. The highest BCUT2D eigenvalue weighted by molar-refractivity contribution is 6.23. The molecule has 2 rings (SSSR count). The summed E-state index contributed by atoms with van der Waals surface area (Å²) in [4.78, 5) is 24.5. The summed E-state index contributed by atoms with van der Waals surface area (Å²) in [5, 5.41) is 3.75. The summed E-state index contributed by atoms with van der Waals surface area (Å²) in [7, 11) is 0. The molecule has 94 valence electrons. The number of carbonyl (C=O) groups excluding carboxylic acids is 2. The number of nitrogens with one attached hydrogen (secondary N) is 2. The number of fused-ring (bicyclic) bond motifs is 1. The molecule has 0 saturated carbocycles. The average Bonchev–Trinajstić information content (AvgIpc) is 2.80. The number of carbonyl (C=O) groups is 2. The third-order valence-electron chi connectivity index (χ3n) is 3.13. The van der Waals surface area contributed by atoms with Gasteiger partial charge in [0, 0.05) is 29.1 Å². The first-order valence-corrected chi connectivity index (χ1v) is 5.84. The van der Waals surface area contributed by atoms with Crippen molar-refractivity contribution in [2.45, 2.75) is 19.3 Å². The normalized spacial score (nSPS) is 11.4. The lowest BCUT2D eigenvalue weighted by atomic mass is 9.84. The first-order valence-electron chi connectivity index (χ1n) is 5.84. The number of aromatic amines is 1. The molecule has 1 aromatic heterocycles. The zero-order valence-corrected chi connectivity index (χ0v) is 10.5. The minimum Gasteiger partial charge on any atom is -0.361 e. The summed E-state index contributed by atoms with van der Waals surface area (Å²) in [5.74, 6) is -0.581. The van der Waals surface area contributed by atoms with E-state index in [1.165, 1.54) is 0 Å². The van der Waals surface area contributed by atoms with Gasteiger partial charge in [-0.15, -0.1) is 0 Å². The van der Waals surface area contributed by atoms with E-state index in [0.29, 0.717) is 12.8 Å². The van der Waals surface area contributed by atoms with Crippen molar-refractivity contribution in [1.82, 2.24) is 10.3 Å². The fourth-order valence-electron chi connectivity index (χ4n) is 2.08. The van der Waals surface area contributed by atoms with Gasteiger partial charge in [0.15, 0.2) is 0 Å². The molecule has 0 atom stereocenters. The SMILES string of the molecule is CC(C)(CNC(=O)C=O)c1c[nH]c2ccccc12. The lowest BCUT2D eigenvalue weighted by Crippen LogP contribution is -2.37. The van der Waals surface area contributed by atoms with E-state index in [0.717, 1.165) is 16.5 Å². The van der Waals surface area contributed by atoms with Gasteiger partial charge in [-0.2, -0.15) is 0 Å². The van der Waals surface area contributed by atoms with Crippen LogP contribution in [0.4, 0.5) is 0 Å². The van der Waals surface area contributed by atoms with Crippen LogP contribution in [0.5, 0.6) is 0 Å². The fourth-order valence-corrected chi connectivity index (χ4v) is 2.08. The Balaban J connectivity index is 2.28. The van der Waals surface area contributed by atoms with E-state index in [2.05, 4.69) is 10.3 Å². The lowest BCUT2D eigenvalue weighted by Gasteiger charge is -2.24. The van der Waals surface area contributed by atoms with Gasteiger partial charge in [-0.05, 0) is 11.6 Å². The van der Waals surface area contributed by atoms with Crippen LogP contribution in [0.1, 0.15) is 19.4 Å². The van der Waals surface area contributed by atoms with E-state index in [1.54, 1.807) is 0 Å². The van der Waals surface area contributed by atoms with Crippen LogP contribution in [0, 0.1) is 0 Å². The van der Waals surface area contributed by atoms with Crippen molar-refractivity contribution >= 4 is 23.1 Å². The molecule has 0 radical (unpaired) electrons. The third kappa shape index (κ3) is 2.27. The molecule has 2 aromatic rings. The van der Waals surface area contributed by atoms with Crippen LogP contribution >= 0.6 is 0 Å². The number of hydrogen-bond donors (Lipinski definition) is 2. The van der Waals surface area contributed by atoms with Crippen molar-refractivity contribution < 1.29 is 9.59 Å². The molecule has 1 heterocycles. The predicted molar refractivity (Wildman–Crippen MR) is 70.4 cm³/mol. The van der Waals surface area contributed by atoms with Crippen molar-refractivity contribution in [2.75, 3.05) is 6.54 Å². The number of H-pyrrole nitrogens is 1. The van der Waals surface area contributed by atoms with Crippen molar-refractivity contribution in [3.63, 3.8) is 0 Å². The molecule has 0 fully saturated rings. The summed E-state index contributed by atoms with van der Waals surface area (Å²) < 4.78 is 0. The molecule has 2 N–H and O–H groups in total. The fraction of sp³-hybridized carbons (Fsp3) is 0.286. The Morgan fingerprint density at radius 2 is 2.11 bits per heavy atom. The minimum absolute atomic E-state index is 0.238. The molecule has 4 nitrogen and oxygen atoms in total. The number of hydrogen-bond acceptors (Lipinski definition) is 2. The van der Waals surface area contributed by atoms with E-state index < -0.39 is 5.91 Å². The largest absolute Gasteiger partial charge is 0.361 e. The van der Waals surface area contributed by atoms with Crippen LogP contribution in [0.3, 0.4) is 0 Å². The Morgan fingerprint density at radius 3 is 2.83 bits per heavy atom. The second-order valence-corrected chi connectivity index (χ2v) is 4.97. The van der Waals surface area contributed by atoms with Gasteiger partial charge in [0.2, 0.25) is 6.29 Å². The molecule has 0 aliphatic rings. The van der Waals surface area contributed by atoms with Gasteiger partial charge >= 0.3 is 0 Å². The van der Waals surface area contributed by atoms with Gasteiger partial charge < -0.3 is 10.3 Å². The summed E-state index contributed by atoms with van der Waals surface area (Å²) >= 11 is 0. The van der Waals surface area contributed by atoms with Crippen LogP contribution in [0.25, 0.3) is 10.9 Å². The number of benzene rings is 1. The van der Waals surface area contributed by atoms with Crippen LogP contribution in [-0.2, 0) is 15.0 Å². The first-order chi connectivity index (χ1) is 8.54. The van der Waals surface area contributed by atoms with Gasteiger partial charge in [-0.1, -0.05) is 32.0 Å². The smallest absolute Gasteiger partial charge is 0.284 e.